The summed E-state index contributed by atoms with van der Waals surface area (Å²) >= 11 is 11.9. The minimum absolute atomic E-state index is 0.0738. The smallest absolute Gasteiger partial charge is 0.189 e. The van der Waals surface area contributed by atoms with Gasteiger partial charge < -0.3 is 0 Å². The van der Waals surface area contributed by atoms with Crippen LogP contribution in [0.2, 0.25) is 10.0 Å². The van der Waals surface area contributed by atoms with E-state index in [0.717, 1.165) is 5.56 Å². The first-order valence-electron chi connectivity index (χ1n) is 6.89. The van der Waals surface area contributed by atoms with Crippen LogP contribution in [0, 0.1) is 0 Å². The number of halogens is 2. The largest absolute Gasteiger partial charge is 0.289 e. The highest BCUT2D eigenvalue weighted by atomic mass is 35.5. The molecule has 0 atom stereocenters. The van der Waals surface area contributed by atoms with Crippen molar-refractivity contribution in [3.8, 4) is 0 Å². The fraction of sp³-hybridized carbons (Fsp3) is 0.111. The van der Waals surface area contributed by atoms with Crippen LogP contribution in [-0.2, 0) is 6.42 Å². The van der Waals surface area contributed by atoms with Gasteiger partial charge in [0.05, 0.1) is 10.0 Å². The average Bonchev–Trinajstić information content (AvgIpc) is 2.53. The van der Waals surface area contributed by atoms with Gasteiger partial charge in [0.1, 0.15) is 0 Å². The quantitative estimate of drug-likeness (QED) is 0.799. The lowest BCUT2D eigenvalue weighted by atomic mass is 9.87. The highest BCUT2D eigenvalue weighted by molar-refractivity contribution is 6.42. The zero-order valence-electron chi connectivity index (χ0n) is 11.6. The Bertz CT molecular complexity index is 806. The molecular weight excluding hydrogens is 319 g/mol. The van der Waals surface area contributed by atoms with Crippen LogP contribution in [0.4, 0.5) is 0 Å². The Kier molecular flexibility index (Phi) is 4.14. The number of allylic oxidation sites excluding steroid dienone is 2. The summed E-state index contributed by atoms with van der Waals surface area (Å²) in [6, 6.07) is 12.3. The van der Waals surface area contributed by atoms with Crippen molar-refractivity contribution in [1.82, 2.24) is 0 Å². The second-order valence-electron chi connectivity index (χ2n) is 5.16. The van der Waals surface area contributed by atoms with E-state index in [2.05, 4.69) is 0 Å². The number of hydrogen-bond acceptors (Lipinski definition) is 2. The lowest BCUT2D eigenvalue weighted by Gasteiger charge is -2.15. The highest BCUT2D eigenvalue weighted by Gasteiger charge is 2.24. The maximum atomic E-state index is 12.4. The molecule has 0 unspecified atom stereocenters. The molecule has 0 fully saturated rings. The summed E-state index contributed by atoms with van der Waals surface area (Å²) in [6.07, 6.45) is 2.57. The fourth-order valence-electron chi connectivity index (χ4n) is 2.53. The molecule has 110 valence electrons. The minimum Gasteiger partial charge on any atom is -0.289 e. The molecule has 0 saturated carbocycles. The zero-order chi connectivity index (χ0) is 15.7. The predicted molar refractivity (Wildman–Crippen MR) is 88.0 cm³/mol. The number of Topliss-reactive ketones (excluding diaryl/α,β-unsaturated/α-hetero) is 1. The third-order valence-electron chi connectivity index (χ3n) is 3.70. The van der Waals surface area contributed by atoms with E-state index >= 15 is 0 Å². The monoisotopic (exact) mass is 330 g/mol. The Balaban J connectivity index is 1.80. The van der Waals surface area contributed by atoms with Crippen LogP contribution >= 0.6 is 23.2 Å². The summed E-state index contributed by atoms with van der Waals surface area (Å²) < 4.78 is 0. The van der Waals surface area contributed by atoms with Gasteiger partial charge in [0.2, 0.25) is 0 Å². The topological polar surface area (TPSA) is 34.1 Å². The molecule has 4 heteroatoms. The number of rotatable bonds is 3. The SMILES string of the molecule is O=C1C=C(CCc2ccc(Cl)c(Cl)c2)C(=O)c2ccccc21. The van der Waals surface area contributed by atoms with E-state index in [9.17, 15) is 9.59 Å². The maximum Gasteiger partial charge on any atom is 0.189 e. The van der Waals surface area contributed by atoms with Gasteiger partial charge in [0, 0.05) is 16.7 Å². The van der Waals surface area contributed by atoms with Crippen molar-refractivity contribution >= 4 is 34.8 Å². The van der Waals surface area contributed by atoms with Gasteiger partial charge in [-0.25, -0.2) is 0 Å². The average molecular weight is 331 g/mol. The summed E-state index contributed by atoms with van der Waals surface area (Å²) in [6.45, 7) is 0. The molecule has 2 aromatic carbocycles. The van der Waals surface area contributed by atoms with Gasteiger partial charge in [-0.05, 0) is 36.6 Å². The third kappa shape index (κ3) is 2.85. The van der Waals surface area contributed by atoms with Gasteiger partial charge >= 0.3 is 0 Å². The van der Waals surface area contributed by atoms with Crippen LogP contribution in [0.3, 0.4) is 0 Å². The summed E-state index contributed by atoms with van der Waals surface area (Å²) in [7, 11) is 0. The molecule has 22 heavy (non-hydrogen) atoms. The van der Waals surface area contributed by atoms with Gasteiger partial charge in [0.25, 0.3) is 0 Å². The summed E-state index contributed by atoms with van der Waals surface area (Å²) in [5.41, 5.74) is 2.48. The van der Waals surface area contributed by atoms with E-state index in [1.165, 1.54) is 6.08 Å². The number of fused-ring (bicyclic) bond motifs is 1. The molecule has 1 aliphatic carbocycles. The van der Waals surface area contributed by atoms with Crippen molar-refractivity contribution in [2.24, 2.45) is 0 Å². The molecule has 2 nitrogen and oxygen atoms in total. The number of carbonyl (C=O) groups excluding carboxylic acids is 2. The van der Waals surface area contributed by atoms with Crippen molar-refractivity contribution in [3.63, 3.8) is 0 Å². The van der Waals surface area contributed by atoms with Gasteiger partial charge in [-0.3, -0.25) is 9.59 Å². The van der Waals surface area contributed by atoms with Gasteiger partial charge in [-0.15, -0.1) is 0 Å². The Hall–Kier alpha value is -1.90. The molecule has 1 aliphatic rings. The van der Waals surface area contributed by atoms with Crippen LogP contribution in [0.5, 0.6) is 0 Å². The fourth-order valence-corrected chi connectivity index (χ4v) is 2.85. The molecule has 0 radical (unpaired) electrons. The first kappa shape index (κ1) is 15.0. The van der Waals surface area contributed by atoms with Gasteiger partial charge in [-0.1, -0.05) is 53.5 Å². The Labute approximate surface area is 138 Å². The highest BCUT2D eigenvalue weighted by Crippen LogP contribution is 2.26. The first-order chi connectivity index (χ1) is 10.6. The number of aryl methyl sites for hydroxylation is 1. The van der Waals surface area contributed by atoms with Crippen molar-refractivity contribution < 1.29 is 9.59 Å². The van der Waals surface area contributed by atoms with Crippen LogP contribution in [-0.4, -0.2) is 11.6 Å². The maximum absolute atomic E-state index is 12.4. The second kappa shape index (κ2) is 6.07. The normalized spacial score (nSPS) is 13.8. The molecule has 0 bridgehead atoms. The number of benzene rings is 2. The minimum atomic E-state index is -0.112. The standard InChI is InChI=1S/C18H12Cl2O2/c19-15-8-6-11(9-16(15)20)5-7-12-10-17(21)13-3-1-2-4-14(13)18(12)22/h1-4,6,8-10H,5,7H2. The predicted octanol–water partition coefficient (Wildman–Crippen LogP) is 4.93. The lowest BCUT2D eigenvalue weighted by Crippen LogP contribution is -2.17. The molecule has 0 N–H and O–H groups in total. The second-order valence-corrected chi connectivity index (χ2v) is 5.97. The van der Waals surface area contributed by atoms with Gasteiger partial charge in [-0.2, -0.15) is 0 Å². The van der Waals surface area contributed by atoms with Crippen LogP contribution in [0.25, 0.3) is 0 Å². The Morgan fingerprint density at radius 2 is 1.55 bits per heavy atom. The summed E-state index contributed by atoms with van der Waals surface area (Å²) in [5, 5.41) is 0.993. The molecule has 0 amide bonds. The molecule has 0 aromatic heterocycles. The van der Waals surface area contributed by atoms with E-state index < -0.39 is 0 Å². The summed E-state index contributed by atoms with van der Waals surface area (Å²) in [5.74, 6) is -0.186. The summed E-state index contributed by atoms with van der Waals surface area (Å²) in [4.78, 5) is 24.5. The van der Waals surface area contributed by atoms with E-state index in [4.69, 9.17) is 23.2 Å². The number of ketones is 2. The molecule has 2 aromatic rings. The van der Waals surface area contributed by atoms with E-state index in [1.807, 2.05) is 6.07 Å². The molecule has 0 spiro atoms. The third-order valence-corrected chi connectivity index (χ3v) is 4.44. The van der Waals surface area contributed by atoms with Crippen LogP contribution in [0.15, 0.2) is 54.1 Å². The van der Waals surface area contributed by atoms with Crippen molar-refractivity contribution in [2.45, 2.75) is 12.8 Å². The molecule has 0 saturated heterocycles. The van der Waals surface area contributed by atoms with E-state index in [1.54, 1.807) is 36.4 Å². The van der Waals surface area contributed by atoms with Crippen molar-refractivity contribution in [3.05, 3.63) is 80.8 Å². The Morgan fingerprint density at radius 1 is 0.818 bits per heavy atom. The Morgan fingerprint density at radius 3 is 2.27 bits per heavy atom. The first-order valence-corrected chi connectivity index (χ1v) is 7.64. The van der Waals surface area contributed by atoms with Crippen LogP contribution < -0.4 is 0 Å². The van der Waals surface area contributed by atoms with Crippen LogP contribution in [0.1, 0.15) is 32.7 Å². The van der Waals surface area contributed by atoms with Crippen molar-refractivity contribution in [2.75, 3.05) is 0 Å². The van der Waals surface area contributed by atoms with Gasteiger partial charge in [0.15, 0.2) is 11.6 Å². The number of carbonyl (C=O) groups is 2. The molecule has 0 heterocycles. The molecule has 3 rings (SSSR count). The van der Waals surface area contributed by atoms with E-state index in [0.29, 0.717) is 39.6 Å². The lowest BCUT2D eigenvalue weighted by molar-refractivity contribution is 0.0981. The number of hydrogen-bond donors (Lipinski definition) is 0. The molecular formula is C18H12Cl2O2. The van der Waals surface area contributed by atoms with Crippen molar-refractivity contribution in [1.29, 1.82) is 0 Å². The zero-order valence-corrected chi connectivity index (χ0v) is 13.1. The van der Waals surface area contributed by atoms with E-state index in [-0.39, 0.29) is 11.6 Å². The molecule has 0 aliphatic heterocycles.